The summed E-state index contributed by atoms with van der Waals surface area (Å²) in [6.07, 6.45) is 3.86. The molecule has 0 bridgehead atoms. The van der Waals surface area contributed by atoms with E-state index in [0.717, 1.165) is 30.6 Å². The van der Waals surface area contributed by atoms with Gasteiger partial charge < -0.3 is 25.0 Å². The number of carbonyl (C=O) groups excluding carboxylic acids is 3. The topological polar surface area (TPSA) is 114 Å². The Morgan fingerprint density at radius 1 is 0.971 bits per heavy atom. The molecule has 2 aliphatic rings. The summed E-state index contributed by atoms with van der Waals surface area (Å²) in [6.45, 7) is -0.191. The summed E-state index contributed by atoms with van der Waals surface area (Å²) in [7, 11) is -1.84. The fourth-order valence-electron chi connectivity index (χ4n) is 4.02. The van der Waals surface area contributed by atoms with Gasteiger partial charge in [0, 0.05) is 34.3 Å². The molecule has 186 valence electrons. The van der Waals surface area contributed by atoms with Crippen molar-refractivity contribution in [1.29, 1.82) is 0 Å². The molecule has 35 heavy (non-hydrogen) atoms. The van der Waals surface area contributed by atoms with Crippen LogP contribution >= 0.6 is 0 Å². The van der Waals surface area contributed by atoms with Gasteiger partial charge in [0.15, 0.2) is 11.5 Å². The standard InChI is InChI=1S/C24H26FN3O6S/c25-16-5-8-19(9-6-16)28(12-22(29)26-17-3-1-2-4-17)24(31)14-35(32)13-23(30)27-18-7-10-20-21(11-18)34-15-33-20/h5-11,17H,1-4,12-15H2,(H,26,29)(H,27,30). The van der Waals surface area contributed by atoms with Crippen LogP contribution in [0.5, 0.6) is 11.5 Å². The normalized spacial score (nSPS) is 15.5. The number of ether oxygens (including phenoxy) is 2. The van der Waals surface area contributed by atoms with Crippen LogP contribution in [-0.4, -0.2) is 52.8 Å². The smallest absolute Gasteiger partial charge is 0.240 e. The molecule has 4 rings (SSSR count). The van der Waals surface area contributed by atoms with Gasteiger partial charge in [-0.1, -0.05) is 12.8 Å². The second kappa shape index (κ2) is 11.3. The second-order valence-electron chi connectivity index (χ2n) is 8.35. The van der Waals surface area contributed by atoms with Gasteiger partial charge in [0.25, 0.3) is 0 Å². The van der Waals surface area contributed by atoms with Gasteiger partial charge in [-0.05, 0) is 49.2 Å². The Morgan fingerprint density at radius 3 is 2.43 bits per heavy atom. The Labute approximate surface area is 204 Å². The Balaban J connectivity index is 1.35. The first kappa shape index (κ1) is 24.6. The minimum atomic E-state index is -1.84. The molecule has 0 aromatic heterocycles. The lowest BCUT2D eigenvalue weighted by atomic mass is 10.2. The summed E-state index contributed by atoms with van der Waals surface area (Å²) >= 11 is 0. The molecule has 0 saturated heterocycles. The number of amides is 3. The summed E-state index contributed by atoms with van der Waals surface area (Å²) in [5.41, 5.74) is 0.749. The maximum Gasteiger partial charge on any atom is 0.240 e. The molecule has 3 amide bonds. The van der Waals surface area contributed by atoms with Gasteiger partial charge in [-0.3, -0.25) is 18.6 Å². The minimum Gasteiger partial charge on any atom is -0.454 e. The lowest BCUT2D eigenvalue weighted by molar-refractivity contribution is -0.123. The summed E-state index contributed by atoms with van der Waals surface area (Å²) in [5, 5.41) is 5.53. The van der Waals surface area contributed by atoms with Gasteiger partial charge in [-0.2, -0.15) is 0 Å². The predicted octanol–water partition coefficient (Wildman–Crippen LogP) is 2.33. The van der Waals surface area contributed by atoms with Gasteiger partial charge >= 0.3 is 0 Å². The van der Waals surface area contributed by atoms with Gasteiger partial charge in [0.05, 0.1) is 0 Å². The molecule has 1 unspecified atom stereocenters. The van der Waals surface area contributed by atoms with E-state index in [1.54, 1.807) is 18.2 Å². The first-order valence-electron chi connectivity index (χ1n) is 11.3. The summed E-state index contributed by atoms with van der Waals surface area (Å²) in [5.74, 6) is -1.80. The van der Waals surface area contributed by atoms with Crippen LogP contribution in [0.4, 0.5) is 15.8 Å². The molecule has 1 fully saturated rings. The van der Waals surface area contributed by atoms with Crippen molar-refractivity contribution >= 4 is 39.9 Å². The van der Waals surface area contributed by atoms with Gasteiger partial charge in [0.1, 0.15) is 23.9 Å². The van der Waals surface area contributed by atoms with E-state index < -0.39 is 39.9 Å². The Hall–Kier alpha value is -3.47. The highest BCUT2D eigenvalue weighted by molar-refractivity contribution is 7.86. The van der Waals surface area contributed by atoms with Crippen molar-refractivity contribution in [2.75, 3.05) is 35.1 Å². The average Bonchev–Trinajstić information content (AvgIpc) is 3.49. The van der Waals surface area contributed by atoms with E-state index in [9.17, 15) is 23.0 Å². The number of hydrogen-bond acceptors (Lipinski definition) is 6. The third-order valence-corrected chi connectivity index (χ3v) is 6.85. The number of nitrogens with one attached hydrogen (secondary N) is 2. The lowest BCUT2D eigenvalue weighted by Gasteiger charge is -2.23. The molecule has 1 heterocycles. The van der Waals surface area contributed by atoms with Gasteiger partial charge in [-0.15, -0.1) is 0 Å². The second-order valence-corrected chi connectivity index (χ2v) is 9.81. The van der Waals surface area contributed by atoms with E-state index in [4.69, 9.17) is 9.47 Å². The third kappa shape index (κ3) is 6.78. The van der Waals surface area contributed by atoms with Crippen molar-refractivity contribution in [3.63, 3.8) is 0 Å². The Morgan fingerprint density at radius 2 is 1.69 bits per heavy atom. The zero-order valence-corrected chi connectivity index (χ0v) is 19.8. The fraction of sp³-hybridized carbons (Fsp3) is 0.375. The summed E-state index contributed by atoms with van der Waals surface area (Å²) in [6, 6.07) is 10.1. The van der Waals surface area contributed by atoms with E-state index >= 15 is 0 Å². The van der Waals surface area contributed by atoms with Crippen LogP contribution in [0.15, 0.2) is 42.5 Å². The average molecular weight is 504 g/mol. The fourth-order valence-corrected chi connectivity index (χ4v) is 4.91. The molecule has 9 nitrogen and oxygen atoms in total. The molecule has 0 spiro atoms. The van der Waals surface area contributed by atoms with E-state index in [1.807, 2.05) is 0 Å². The lowest BCUT2D eigenvalue weighted by Crippen LogP contribution is -2.45. The molecule has 11 heteroatoms. The van der Waals surface area contributed by atoms with Crippen LogP contribution in [0, 0.1) is 5.82 Å². The maximum atomic E-state index is 13.4. The number of benzene rings is 2. The molecule has 2 aromatic rings. The number of rotatable bonds is 9. The zero-order chi connectivity index (χ0) is 24.8. The molecule has 1 atom stereocenters. The Kier molecular flexibility index (Phi) is 7.96. The highest BCUT2D eigenvalue weighted by atomic mass is 32.2. The monoisotopic (exact) mass is 503 g/mol. The van der Waals surface area contributed by atoms with E-state index in [-0.39, 0.29) is 25.3 Å². The van der Waals surface area contributed by atoms with Crippen molar-refractivity contribution in [2.45, 2.75) is 31.7 Å². The van der Waals surface area contributed by atoms with E-state index in [1.165, 1.54) is 24.3 Å². The predicted molar refractivity (Wildman–Crippen MR) is 128 cm³/mol. The van der Waals surface area contributed by atoms with E-state index in [2.05, 4.69) is 10.6 Å². The van der Waals surface area contributed by atoms with Crippen molar-refractivity contribution in [3.05, 3.63) is 48.3 Å². The molecule has 1 aliphatic carbocycles. The van der Waals surface area contributed by atoms with Crippen molar-refractivity contribution < 1.29 is 32.5 Å². The minimum absolute atomic E-state index is 0.0710. The molecule has 2 aromatic carbocycles. The number of fused-ring (bicyclic) bond motifs is 1. The molecule has 1 aliphatic heterocycles. The van der Waals surface area contributed by atoms with Crippen LogP contribution in [0.1, 0.15) is 25.7 Å². The zero-order valence-electron chi connectivity index (χ0n) is 19.0. The van der Waals surface area contributed by atoms with Crippen molar-refractivity contribution in [3.8, 4) is 11.5 Å². The van der Waals surface area contributed by atoms with Gasteiger partial charge in [-0.25, -0.2) is 4.39 Å². The molecule has 2 N–H and O–H groups in total. The van der Waals surface area contributed by atoms with Crippen LogP contribution < -0.4 is 25.0 Å². The third-order valence-electron chi connectivity index (χ3n) is 5.69. The molecular weight excluding hydrogens is 477 g/mol. The van der Waals surface area contributed by atoms with Crippen LogP contribution in [-0.2, 0) is 25.2 Å². The van der Waals surface area contributed by atoms with Crippen molar-refractivity contribution in [2.24, 2.45) is 0 Å². The maximum absolute atomic E-state index is 13.4. The van der Waals surface area contributed by atoms with Gasteiger partial charge in [0.2, 0.25) is 24.5 Å². The van der Waals surface area contributed by atoms with E-state index in [0.29, 0.717) is 22.9 Å². The molecule has 1 saturated carbocycles. The number of halogens is 1. The number of anilines is 2. The molecular formula is C24H26FN3O6S. The number of nitrogens with zero attached hydrogens (tertiary/aromatic N) is 1. The van der Waals surface area contributed by atoms with Crippen LogP contribution in [0.3, 0.4) is 0 Å². The SMILES string of the molecule is O=C(CS(=O)CC(=O)N(CC(=O)NC1CCCC1)c1ccc(F)cc1)Nc1ccc2c(c1)OCO2. The van der Waals surface area contributed by atoms with Crippen LogP contribution in [0.25, 0.3) is 0 Å². The quantitative estimate of drug-likeness (QED) is 0.543. The first-order chi connectivity index (χ1) is 16.9. The van der Waals surface area contributed by atoms with Crippen molar-refractivity contribution in [1.82, 2.24) is 5.32 Å². The number of hydrogen-bond donors (Lipinski definition) is 2. The Bertz CT molecular complexity index is 1120. The highest BCUT2D eigenvalue weighted by Gasteiger charge is 2.24. The summed E-state index contributed by atoms with van der Waals surface area (Å²) < 4.78 is 36.5. The van der Waals surface area contributed by atoms with Crippen LogP contribution in [0.2, 0.25) is 0 Å². The largest absolute Gasteiger partial charge is 0.454 e. The highest BCUT2D eigenvalue weighted by Crippen LogP contribution is 2.34. The summed E-state index contributed by atoms with van der Waals surface area (Å²) in [4.78, 5) is 39.0. The molecule has 0 radical (unpaired) electrons. The first-order valence-corrected chi connectivity index (χ1v) is 12.8. The number of carbonyl (C=O) groups is 3.